The Morgan fingerprint density at radius 1 is 1.18 bits per heavy atom. The van der Waals surface area contributed by atoms with Crippen LogP contribution in [0.5, 0.6) is 0 Å². The lowest BCUT2D eigenvalue weighted by atomic mass is 9.90. The number of likely N-dealkylation sites (N-methyl/N-ethyl adjacent to an activating group) is 3. The molecule has 2 unspecified atom stereocenters. The molecule has 1 heterocycles. The Labute approximate surface area is 108 Å². The molecule has 0 aromatic carbocycles. The molecule has 1 saturated heterocycles. The maximum Gasteiger partial charge on any atom is 0.0373 e. The summed E-state index contributed by atoms with van der Waals surface area (Å²) in [6, 6.07) is 1.30. The monoisotopic (exact) mass is 241 g/mol. The summed E-state index contributed by atoms with van der Waals surface area (Å²) in [5.41, 5.74) is 0. The van der Waals surface area contributed by atoms with Gasteiger partial charge < -0.3 is 10.2 Å². The predicted octanol–water partition coefficient (Wildman–Crippen LogP) is 1.65. The van der Waals surface area contributed by atoms with E-state index in [-0.39, 0.29) is 0 Å². The fraction of sp³-hybridized carbons (Fsp3) is 1.00. The third-order valence-corrected chi connectivity index (χ3v) is 4.48. The minimum atomic E-state index is 0.632. The van der Waals surface area contributed by atoms with Crippen molar-refractivity contribution in [2.45, 2.75) is 45.2 Å². The van der Waals surface area contributed by atoms with Gasteiger partial charge in [-0.05, 0) is 33.5 Å². The van der Waals surface area contributed by atoms with Gasteiger partial charge in [-0.3, -0.25) is 4.90 Å². The van der Waals surface area contributed by atoms with E-state index in [1.165, 1.54) is 38.9 Å². The van der Waals surface area contributed by atoms with Gasteiger partial charge in [-0.2, -0.15) is 0 Å². The summed E-state index contributed by atoms with van der Waals surface area (Å²) in [6.45, 7) is 8.23. The Morgan fingerprint density at radius 2 is 1.82 bits per heavy atom. The summed E-state index contributed by atoms with van der Waals surface area (Å²) in [4.78, 5) is 4.99. The van der Waals surface area contributed by atoms with Crippen LogP contribution in [0.4, 0.5) is 0 Å². The molecule has 3 nitrogen and oxygen atoms in total. The number of hydrogen-bond acceptors (Lipinski definition) is 3. The number of rotatable bonds is 6. The highest BCUT2D eigenvalue weighted by atomic mass is 15.3. The van der Waals surface area contributed by atoms with Crippen molar-refractivity contribution < 1.29 is 0 Å². The minimum absolute atomic E-state index is 0.632. The molecule has 1 N–H and O–H groups in total. The van der Waals surface area contributed by atoms with Gasteiger partial charge >= 0.3 is 0 Å². The second kappa shape index (κ2) is 7.34. The Morgan fingerprint density at radius 3 is 2.35 bits per heavy atom. The number of nitrogens with one attached hydrogen (secondary N) is 1. The first kappa shape index (κ1) is 14.9. The van der Waals surface area contributed by atoms with Gasteiger partial charge in [0.05, 0.1) is 0 Å². The maximum absolute atomic E-state index is 3.55. The van der Waals surface area contributed by atoms with Crippen molar-refractivity contribution in [1.29, 1.82) is 0 Å². The fourth-order valence-corrected chi connectivity index (χ4v) is 2.93. The molecule has 2 atom stereocenters. The summed E-state index contributed by atoms with van der Waals surface area (Å²) >= 11 is 0. The van der Waals surface area contributed by atoms with Crippen LogP contribution in [-0.4, -0.2) is 62.7 Å². The number of piperazine rings is 1. The molecule has 0 spiro atoms. The molecule has 17 heavy (non-hydrogen) atoms. The average molecular weight is 241 g/mol. The Hall–Kier alpha value is -0.120. The van der Waals surface area contributed by atoms with Crippen molar-refractivity contribution in [2.75, 3.05) is 40.8 Å². The van der Waals surface area contributed by atoms with Crippen molar-refractivity contribution >= 4 is 0 Å². The van der Waals surface area contributed by atoms with Crippen molar-refractivity contribution in [1.82, 2.24) is 15.1 Å². The third-order valence-electron chi connectivity index (χ3n) is 4.48. The molecule has 1 rings (SSSR count). The first-order valence-electron chi connectivity index (χ1n) is 7.18. The molecule has 1 fully saturated rings. The van der Waals surface area contributed by atoms with Gasteiger partial charge in [-0.1, -0.05) is 26.7 Å². The van der Waals surface area contributed by atoms with Gasteiger partial charge in [-0.15, -0.1) is 0 Å². The van der Waals surface area contributed by atoms with Gasteiger partial charge in [0.2, 0.25) is 0 Å². The van der Waals surface area contributed by atoms with E-state index in [1.54, 1.807) is 0 Å². The molecular formula is C14H31N3. The van der Waals surface area contributed by atoms with E-state index in [0.29, 0.717) is 12.1 Å². The van der Waals surface area contributed by atoms with Crippen LogP contribution in [0.3, 0.4) is 0 Å². The molecule has 102 valence electrons. The van der Waals surface area contributed by atoms with Crippen molar-refractivity contribution in [3.63, 3.8) is 0 Å². The SMILES string of the molecule is CCC(CC)CC(NC)C1CN(C)CCN1C. The summed E-state index contributed by atoms with van der Waals surface area (Å²) in [6.07, 6.45) is 3.92. The van der Waals surface area contributed by atoms with Gasteiger partial charge in [0.1, 0.15) is 0 Å². The van der Waals surface area contributed by atoms with Crippen LogP contribution < -0.4 is 5.32 Å². The van der Waals surface area contributed by atoms with Crippen LogP contribution in [0.15, 0.2) is 0 Å². The van der Waals surface area contributed by atoms with Gasteiger partial charge in [0, 0.05) is 31.7 Å². The highest BCUT2D eigenvalue weighted by Crippen LogP contribution is 2.20. The standard InChI is InChI=1S/C14H31N3/c1-6-12(7-2)10-13(15-3)14-11-16(4)8-9-17(14)5/h12-15H,6-11H2,1-5H3. The predicted molar refractivity (Wildman–Crippen MR) is 75.5 cm³/mol. The molecule has 1 aliphatic rings. The fourth-order valence-electron chi connectivity index (χ4n) is 2.93. The quantitative estimate of drug-likeness (QED) is 0.763. The van der Waals surface area contributed by atoms with E-state index in [2.05, 4.69) is 50.1 Å². The zero-order valence-corrected chi connectivity index (χ0v) is 12.4. The van der Waals surface area contributed by atoms with E-state index >= 15 is 0 Å². The summed E-state index contributed by atoms with van der Waals surface area (Å²) in [7, 11) is 6.63. The molecule has 3 heteroatoms. The van der Waals surface area contributed by atoms with Crippen LogP contribution in [0.25, 0.3) is 0 Å². The normalized spacial score (nSPS) is 25.4. The number of nitrogens with zero attached hydrogens (tertiary/aromatic N) is 2. The van der Waals surface area contributed by atoms with E-state index < -0.39 is 0 Å². The third kappa shape index (κ3) is 4.23. The van der Waals surface area contributed by atoms with Gasteiger partial charge in [-0.25, -0.2) is 0 Å². The Bertz CT molecular complexity index is 204. The van der Waals surface area contributed by atoms with Gasteiger partial charge in [0.15, 0.2) is 0 Å². The van der Waals surface area contributed by atoms with E-state index in [9.17, 15) is 0 Å². The molecule has 0 aromatic heterocycles. The lowest BCUT2D eigenvalue weighted by Crippen LogP contribution is -2.58. The van der Waals surface area contributed by atoms with Crippen LogP contribution in [0, 0.1) is 5.92 Å². The first-order chi connectivity index (χ1) is 8.12. The zero-order valence-electron chi connectivity index (χ0n) is 12.4. The van der Waals surface area contributed by atoms with Crippen molar-refractivity contribution in [2.24, 2.45) is 5.92 Å². The van der Waals surface area contributed by atoms with E-state index in [1.807, 2.05) is 0 Å². The zero-order chi connectivity index (χ0) is 12.8. The van der Waals surface area contributed by atoms with Crippen LogP contribution >= 0.6 is 0 Å². The van der Waals surface area contributed by atoms with E-state index in [4.69, 9.17) is 0 Å². The number of hydrogen-bond donors (Lipinski definition) is 1. The summed E-state index contributed by atoms with van der Waals surface area (Å²) < 4.78 is 0. The lowest BCUT2D eigenvalue weighted by molar-refractivity contribution is 0.0819. The van der Waals surface area contributed by atoms with Crippen molar-refractivity contribution in [3.05, 3.63) is 0 Å². The largest absolute Gasteiger partial charge is 0.315 e. The molecule has 0 aromatic rings. The van der Waals surface area contributed by atoms with Crippen LogP contribution in [-0.2, 0) is 0 Å². The van der Waals surface area contributed by atoms with E-state index in [0.717, 1.165) is 5.92 Å². The molecule has 0 amide bonds. The van der Waals surface area contributed by atoms with Gasteiger partial charge in [0.25, 0.3) is 0 Å². The second-order valence-electron chi connectivity index (χ2n) is 5.62. The van der Waals surface area contributed by atoms with Crippen LogP contribution in [0.1, 0.15) is 33.1 Å². The summed E-state index contributed by atoms with van der Waals surface area (Å²) in [5, 5.41) is 3.55. The minimum Gasteiger partial charge on any atom is -0.315 e. The highest BCUT2D eigenvalue weighted by molar-refractivity contribution is 4.89. The second-order valence-corrected chi connectivity index (χ2v) is 5.62. The molecule has 1 aliphatic heterocycles. The summed E-state index contributed by atoms with van der Waals surface area (Å²) in [5.74, 6) is 0.869. The Kier molecular flexibility index (Phi) is 6.45. The van der Waals surface area contributed by atoms with Crippen LogP contribution in [0.2, 0.25) is 0 Å². The molecule has 0 radical (unpaired) electrons. The topological polar surface area (TPSA) is 18.5 Å². The maximum atomic E-state index is 3.55. The van der Waals surface area contributed by atoms with Crippen molar-refractivity contribution in [3.8, 4) is 0 Å². The first-order valence-corrected chi connectivity index (χ1v) is 7.18. The smallest absolute Gasteiger partial charge is 0.0373 e. The lowest BCUT2D eigenvalue weighted by Gasteiger charge is -2.42. The average Bonchev–Trinajstić information content (AvgIpc) is 2.34. The highest BCUT2D eigenvalue weighted by Gasteiger charge is 2.29. The Balaban J connectivity index is 2.58. The molecular weight excluding hydrogens is 210 g/mol. The molecule has 0 saturated carbocycles. The molecule has 0 aliphatic carbocycles. The molecule has 0 bridgehead atoms.